The first kappa shape index (κ1) is 26.1. The third-order valence-corrected chi connectivity index (χ3v) is 6.14. The predicted octanol–water partition coefficient (Wildman–Crippen LogP) is -5.93. The number of nitrogens with two attached hydrogens (primary N) is 2. The molecule has 14 nitrogen and oxygen atoms in total. The summed E-state index contributed by atoms with van der Waals surface area (Å²) in [6.07, 6.45) is -16.1. The Balaban J connectivity index is 1.70. The van der Waals surface area contributed by atoms with E-state index in [1.165, 1.54) is 0 Å². The van der Waals surface area contributed by atoms with Gasteiger partial charge in [0, 0.05) is 6.54 Å². The van der Waals surface area contributed by atoms with Crippen molar-refractivity contribution >= 4 is 0 Å². The zero-order valence-corrected chi connectivity index (χ0v) is 17.5. The number of hydrogen-bond donors (Lipinski definition) is 9. The van der Waals surface area contributed by atoms with Crippen LogP contribution in [0.5, 0.6) is 0 Å². The van der Waals surface area contributed by atoms with Crippen molar-refractivity contribution < 1.29 is 59.4 Å². The van der Waals surface area contributed by atoms with Gasteiger partial charge in [0.25, 0.3) is 0 Å². The van der Waals surface area contributed by atoms with Gasteiger partial charge in [-0.05, 0) is 6.92 Å². The summed E-state index contributed by atoms with van der Waals surface area (Å²) in [7, 11) is 0. The zero-order valence-electron chi connectivity index (χ0n) is 17.5. The molecule has 11 N–H and O–H groups in total. The van der Waals surface area contributed by atoms with E-state index in [1.807, 2.05) is 0 Å². The summed E-state index contributed by atoms with van der Waals surface area (Å²) in [5, 5.41) is 69.9. The Kier molecular flexibility index (Phi) is 8.79. The molecule has 3 rings (SSSR count). The van der Waals surface area contributed by atoms with Crippen LogP contribution < -0.4 is 11.5 Å². The maximum absolute atomic E-state index is 10.8. The predicted molar refractivity (Wildman–Crippen MR) is 103 cm³/mol. The fraction of sp³-hybridized carbons (Fsp3) is 1.00. The van der Waals surface area contributed by atoms with Gasteiger partial charge in [0.2, 0.25) is 0 Å². The average Bonchev–Trinajstić information content (AvgIpc) is 3.06. The number of ether oxygens (including phenoxy) is 5. The van der Waals surface area contributed by atoms with E-state index in [0.717, 1.165) is 0 Å². The summed E-state index contributed by atoms with van der Waals surface area (Å²) in [4.78, 5) is 0. The van der Waals surface area contributed by atoms with Gasteiger partial charge in [0.05, 0.1) is 25.4 Å². The van der Waals surface area contributed by atoms with Crippen molar-refractivity contribution in [2.45, 2.75) is 92.7 Å². The molecule has 6 unspecified atom stereocenters. The molecule has 3 aliphatic heterocycles. The molecule has 188 valence electrons. The zero-order chi connectivity index (χ0) is 23.7. The van der Waals surface area contributed by atoms with Crippen molar-refractivity contribution in [2.24, 2.45) is 11.5 Å². The van der Waals surface area contributed by atoms with E-state index in [1.54, 1.807) is 6.92 Å². The van der Waals surface area contributed by atoms with Crippen LogP contribution in [0.15, 0.2) is 0 Å². The molecule has 0 aromatic rings. The summed E-state index contributed by atoms with van der Waals surface area (Å²) in [5.41, 5.74) is 11.8. The molecular weight excluding hydrogens is 436 g/mol. The lowest BCUT2D eigenvalue weighted by atomic mass is 9.95. The molecular formula is C18H34N2O12. The smallest absolute Gasteiger partial charge is 0.187 e. The first-order chi connectivity index (χ1) is 15.1. The van der Waals surface area contributed by atoms with Crippen LogP contribution in [0, 0.1) is 0 Å². The Labute approximate surface area is 184 Å². The number of hydrogen-bond acceptors (Lipinski definition) is 14. The topological polar surface area (TPSA) is 240 Å². The lowest BCUT2D eigenvalue weighted by Gasteiger charge is -2.47. The van der Waals surface area contributed by atoms with E-state index < -0.39 is 99.0 Å². The van der Waals surface area contributed by atoms with Crippen molar-refractivity contribution in [1.29, 1.82) is 0 Å². The van der Waals surface area contributed by atoms with Gasteiger partial charge in [-0.25, -0.2) is 0 Å². The first-order valence-corrected chi connectivity index (χ1v) is 10.5. The second-order valence-corrected chi connectivity index (χ2v) is 8.30. The maximum atomic E-state index is 10.8. The molecule has 3 heterocycles. The van der Waals surface area contributed by atoms with Crippen LogP contribution in [0.2, 0.25) is 0 Å². The molecule has 32 heavy (non-hydrogen) atoms. The van der Waals surface area contributed by atoms with Gasteiger partial charge in [-0.1, -0.05) is 0 Å². The van der Waals surface area contributed by atoms with Crippen LogP contribution in [-0.2, 0) is 23.7 Å². The highest BCUT2D eigenvalue weighted by Gasteiger charge is 2.52. The average molecular weight is 470 g/mol. The molecule has 14 heteroatoms. The number of aliphatic hydroxyl groups excluding tert-OH is 7. The second kappa shape index (κ2) is 10.8. The molecule has 3 fully saturated rings. The standard InChI is InChI=1S/C18H34N2O12/c1-5-10(23)16(8(4-22)28-5)31-17-9(20)12(25)15(6(2-19)29-17)32-18-14(27)13(26)11(24)7(3-21)30-18/h5-18,21-27H,2-4,19-20H2,1H3/t5-,6-,7?,8+,9?,10?,11+,12?,13-,14?,15?,16-,17-,18+/m0/s1. The summed E-state index contributed by atoms with van der Waals surface area (Å²) in [6.45, 7) is 0.371. The Morgan fingerprint density at radius 1 is 0.688 bits per heavy atom. The Morgan fingerprint density at radius 3 is 1.84 bits per heavy atom. The van der Waals surface area contributed by atoms with Gasteiger partial charge in [0.1, 0.15) is 61.0 Å². The van der Waals surface area contributed by atoms with Gasteiger partial charge >= 0.3 is 0 Å². The van der Waals surface area contributed by atoms with E-state index >= 15 is 0 Å². The Hall–Kier alpha value is -0.560. The van der Waals surface area contributed by atoms with Gasteiger partial charge < -0.3 is 70.9 Å². The highest BCUT2D eigenvalue weighted by atomic mass is 16.7. The monoisotopic (exact) mass is 470 g/mol. The largest absolute Gasteiger partial charge is 0.394 e. The fourth-order valence-electron chi connectivity index (χ4n) is 4.15. The van der Waals surface area contributed by atoms with Gasteiger partial charge in [-0.2, -0.15) is 0 Å². The lowest BCUT2D eigenvalue weighted by Crippen LogP contribution is -2.67. The van der Waals surface area contributed by atoms with Crippen LogP contribution in [0.1, 0.15) is 6.92 Å². The Morgan fingerprint density at radius 2 is 1.25 bits per heavy atom. The second-order valence-electron chi connectivity index (χ2n) is 8.30. The molecule has 0 saturated carbocycles. The van der Waals surface area contributed by atoms with Crippen LogP contribution >= 0.6 is 0 Å². The first-order valence-electron chi connectivity index (χ1n) is 10.5. The van der Waals surface area contributed by atoms with Gasteiger partial charge in [-0.15, -0.1) is 0 Å². The summed E-state index contributed by atoms with van der Waals surface area (Å²) in [6, 6.07) is -1.20. The van der Waals surface area contributed by atoms with E-state index in [0.29, 0.717) is 0 Å². The normalized spacial score (nSPS) is 52.3. The number of aliphatic hydroxyl groups is 7. The molecule has 0 bridgehead atoms. The third-order valence-electron chi connectivity index (χ3n) is 6.14. The van der Waals surface area contributed by atoms with E-state index in [2.05, 4.69) is 0 Å². The van der Waals surface area contributed by atoms with Crippen LogP contribution in [0.4, 0.5) is 0 Å². The minimum absolute atomic E-state index is 0.171. The van der Waals surface area contributed by atoms with Gasteiger partial charge in [0.15, 0.2) is 12.6 Å². The minimum atomic E-state index is -1.69. The van der Waals surface area contributed by atoms with Gasteiger partial charge in [-0.3, -0.25) is 0 Å². The van der Waals surface area contributed by atoms with Crippen LogP contribution in [-0.4, -0.2) is 141 Å². The van der Waals surface area contributed by atoms with Crippen molar-refractivity contribution in [2.75, 3.05) is 19.8 Å². The highest BCUT2D eigenvalue weighted by molar-refractivity contribution is 4.97. The van der Waals surface area contributed by atoms with Crippen LogP contribution in [0.3, 0.4) is 0 Å². The molecule has 0 spiro atoms. The van der Waals surface area contributed by atoms with Crippen molar-refractivity contribution in [1.82, 2.24) is 0 Å². The molecule has 14 atom stereocenters. The SMILES string of the molecule is C[C@@H]1O[C@H](CO)[C@H](O[C@@H]2O[C@@H](CN)C(O[C@H]3OC(CO)[C@@H](O)[C@H](O)C3O)C(O)C2N)C1O. The molecule has 0 amide bonds. The van der Waals surface area contributed by atoms with Crippen molar-refractivity contribution in [3.8, 4) is 0 Å². The quantitative estimate of drug-likeness (QED) is 0.168. The molecule has 0 radical (unpaired) electrons. The molecule has 3 saturated heterocycles. The van der Waals surface area contributed by atoms with Crippen LogP contribution in [0.25, 0.3) is 0 Å². The molecule has 0 aliphatic carbocycles. The Bertz CT molecular complexity index is 600. The number of rotatable bonds is 7. The summed E-state index contributed by atoms with van der Waals surface area (Å²) < 4.78 is 27.8. The molecule has 0 aromatic heterocycles. The van der Waals surface area contributed by atoms with Crippen molar-refractivity contribution in [3.63, 3.8) is 0 Å². The third kappa shape index (κ3) is 4.94. The fourth-order valence-corrected chi connectivity index (χ4v) is 4.15. The van der Waals surface area contributed by atoms with E-state index in [-0.39, 0.29) is 6.54 Å². The lowest BCUT2D eigenvalue weighted by molar-refractivity contribution is -0.348. The van der Waals surface area contributed by atoms with E-state index in [4.69, 9.17) is 35.2 Å². The summed E-state index contributed by atoms with van der Waals surface area (Å²) >= 11 is 0. The summed E-state index contributed by atoms with van der Waals surface area (Å²) in [5.74, 6) is 0. The van der Waals surface area contributed by atoms with Crippen molar-refractivity contribution in [3.05, 3.63) is 0 Å². The minimum Gasteiger partial charge on any atom is -0.394 e. The molecule has 0 aromatic carbocycles. The molecule has 3 aliphatic rings. The van der Waals surface area contributed by atoms with E-state index in [9.17, 15) is 35.7 Å². The maximum Gasteiger partial charge on any atom is 0.187 e. The highest BCUT2D eigenvalue weighted by Crippen LogP contribution is 2.31.